The van der Waals surface area contributed by atoms with Crippen LogP contribution in [0.2, 0.25) is 0 Å². The van der Waals surface area contributed by atoms with Crippen molar-refractivity contribution >= 4 is 23.0 Å². The third-order valence-electron chi connectivity index (χ3n) is 7.50. The zero-order chi connectivity index (χ0) is 29.5. The van der Waals surface area contributed by atoms with E-state index < -0.39 is 0 Å². The summed E-state index contributed by atoms with van der Waals surface area (Å²) in [6, 6.07) is 22.5. The number of hydrogen-bond acceptors (Lipinski definition) is 3. The average Bonchev–Trinajstić information content (AvgIpc) is 2.89. The second-order valence-electron chi connectivity index (χ2n) is 13.3. The van der Waals surface area contributed by atoms with Gasteiger partial charge in [-0.3, -0.25) is 4.79 Å². The van der Waals surface area contributed by atoms with Crippen LogP contribution in [0.4, 0.5) is 17.1 Å². The van der Waals surface area contributed by atoms with Crippen molar-refractivity contribution in [2.24, 2.45) is 5.92 Å². The molecular formula is C36H50N2O2. The Balaban J connectivity index is 1.84. The largest absolute Gasteiger partial charge is 0.507 e. The Morgan fingerprint density at radius 1 is 0.875 bits per heavy atom. The number of phenols is 1. The fourth-order valence-electron chi connectivity index (χ4n) is 5.09. The Hall–Kier alpha value is -3.27. The van der Waals surface area contributed by atoms with Gasteiger partial charge in [-0.1, -0.05) is 98.6 Å². The predicted octanol–water partition coefficient (Wildman–Crippen LogP) is 9.52. The van der Waals surface area contributed by atoms with Crippen LogP contribution in [0.3, 0.4) is 0 Å². The Morgan fingerprint density at radius 3 is 1.95 bits per heavy atom. The third-order valence-corrected chi connectivity index (χ3v) is 7.50. The van der Waals surface area contributed by atoms with Gasteiger partial charge in [-0.25, -0.2) is 0 Å². The molecule has 0 radical (unpaired) electrons. The number of para-hydroxylation sites is 1. The number of rotatable bonds is 11. The lowest BCUT2D eigenvalue weighted by Crippen LogP contribution is -2.35. The maximum absolute atomic E-state index is 13.8. The van der Waals surface area contributed by atoms with Gasteiger partial charge in [0.05, 0.1) is 0 Å². The van der Waals surface area contributed by atoms with Crippen LogP contribution in [0.15, 0.2) is 66.7 Å². The first kappa shape index (κ1) is 31.3. The lowest BCUT2D eigenvalue weighted by molar-refractivity contribution is -0.118. The number of carbonyl (C=O) groups excluding carboxylic acids is 1. The Bertz CT molecular complexity index is 1200. The van der Waals surface area contributed by atoms with E-state index in [0.717, 1.165) is 46.6 Å². The normalized spacial score (nSPS) is 12.7. The standard InChI is InChI=1S/C36H50N2O2/c1-9-10-14-26(2)25-38(30-20-18-29(19-21-30)37-28-15-12-11-13-16-28)33(39)22-17-27-23-31(35(3,4)5)34(40)32(24-27)36(6,7)8/h11-13,15-16,18-21,23-24,26,37,40H,9-10,14,17,22,25H2,1-8H3. The molecular weight excluding hydrogens is 492 g/mol. The first-order valence-electron chi connectivity index (χ1n) is 14.9. The molecule has 0 saturated heterocycles. The van der Waals surface area contributed by atoms with Gasteiger partial charge in [0.1, 0.15) is 5.75 Å². The first-order valence-corrected chi connectivity index (χ1v) is 14.9. The number of aromatic hydroxyl groups is 1. The number of hydrogen-bond donors (Lipinski definition) is 2. The van der Waals surface area contributed by atoms with Crippen LogP contribution in [0.25, 0.3) is 0 Å². The number of benzene rings is 3. The van der Waals surface area contributed by atoms with Gasteiger partial charge in [0, 0.05) is 30.0 Å². The maximum Gasteiger partial charge on any atom is 0.227 e. The van der Waals surface area contributed by atoms with Crippen molar-refractivity contribution < 1.29 is 9.90 Å². The van der Waals surface area contributed by atoms with E-state index in [1.807, 2.05) is 59.5 Å². The van der Waals surface area contributed by atoms with Gasteiger partial charge in [0.2, 0.25) is 5.91 Å². The number of unbranched alkanes of at least 4 members (excludes halogenated alkanes) is 1. The average molecular weight is 543 g/mol. The summed E-state index contributed by atoms with van der Waals surface area (Å²) in [5.41, 5.74) is 5.55. The van der Waals surface area contributed by atoms with Gasteiger partial charge < -0.3 is 15.3 Å². The fraction of sp³-hybridized carbons (Fsp3) is 0.472. The topological polar surface area (TPSA) is 52.6 Å². The van der Waals surface area contributed by atoms with E-state index in [1.165, 1.54) is 6.42 Å². The Kier molecular flexibility index (Phi) is 10.5. The first-order chi connectivity index (χ1) is 18.8. The molecule has 1 unspecified atom stereocenters. The smallest absolute Gasteiger partial charge is 0.227 e. The van der Waals surface area contributed by atoms with Crippen molar-refractivity contribution in [1.29, 1.82) is 0 Å². The molecule has 0 aliphatic rings. The zero-order valence-electron chi connectivity index (χ0n) is 26.0. The summed E-state index contributed by atoms with van der Waals surface area (Å²) < 4.78 is 0. The number of anilines is 3. The van der Waals surface area contributed by atoms with Gasteiger partial charge in [0.15, 0.2) is 0 Å². The van der Waals surface area contributed by atoms with Crippen molar-refractivity contribution in [3.63, 3.8) is 0 Å². The summed E-state index contributed by atoms with van der Waals surface area (Å²) in [7, 11) is 0. The van der Waals surface area contributed by atoms with Crippen molar-refractivity contribution in [1.82, 2.24) is 0 Å². The molecule has 3 aromatic rings. The molecule has 0 aromatic heterocycles. The summed E-state index contributed by atoms with van der Waals surface area (Å²) in [6.45, 7) is 17.9. The second kappa shape index (κ2) is 13.4. The Labute approximate surface area is 242 Å². The van der Waals surface area contributed by atoms with E-state index in [9.17, 15) is 9.90 Å². The molecule has 0 fully saturated rings. The van der Waals surface area contributed by atoms with Gasteiger partial charge in [-0.2, -0.15) is 0 Å². The molecule has 0 heterocycles. The lowest BCUT2D eigenvalue weighted by atomic mass is 9.78. The molecule has 0 aliphatic heterocycles. The van der Waals surface area contributed by atoms with Crippen LogP contribution in [0.5, 0.6) is 5.75 Å². The van der Waals surface area contributed by atoms with E-state index in [-0.39, 0.29) is 16.7 Å². The SMILES string of the molecule is CCCCC(C)CN(C(=O)CCc1cc(C(C)(C)C)c(O)c(C(C)(C)C)c1)c1ccc(Nc2ccccc2)cc1. The van der Waals surface area contributed by atoms with E-state index in [1.54, 1.807) is 0 Å². The second-order valence-corrected chi connectivity index (χ2v) is 13.3. The summed E-state index contributed by atoms with van der Waals surface area (Å²) in [5.74, 6) is 0.931. The van der Waals surface area contributed by atoms with Gasteiger partial charge in [-0.05, 0) is 82.7 Å². The van der Waals surface area contributed by atoms with Crippen LogP contribution in [0, 0.1) is 5.92 Å². The quantitative estimate of drug-likeness (QED) is 0.254. The fourth-order valence-corrected chi connectivity index (χ4v) is 5.09. The third kappa shape index (κ3) is 8.61. The van der Waals surface area contributed by atoms with E-state index in [4.69, 9.17) is 0 Å². The maximum atomic E-state index is 13.8. The number of carbonyl (C=O) groups is 1. The number of nitrogens with one attached hydrogen (secondary N) is 1. The predicted molar refractivity (Wildman–Crippen MR) is 171 cm³/mol. The number of nitrogens with zero attached hydrogens (tertiary/aromatic N) is 1. The van der Waals surface area contributed by atoms with E-state index in [2.05, 4.69) is 72.8 Å². The zero-order valence-corrected chi connectivity index (χ0v) is 26.0. The van der Waals surface area contributed by atoms with Crippen molar-refractivity contribution in [3.05, 3.63) is 83.4 Å². The van der Waals surface area contributed by atoms with Crippen LogP contribution in [0.1, 0.15) is 97.8 Å². The summed E-state index contributed by atoms with van der Waals surface area (Å²) >= 11 is 0. The number of aryl methyl sites for hydroxylation is 1. The molecule has 1 amide bonds. The summed E-state index contributed by atoms with van der Waals surface area (Å²) in [6.07, 6.45) is 4.49. The molecule has 4 heteroatoms. The van der Waals surface area contributed by atoms with Crippen LogP contribution in [-0.4, -0.2) is 17.6 Å². The van der Waals surface area contributed by atoms with Gasteiger partial charge >= 0.3 is 0 Å². The van der Waals surface area contributed by atoms with Crippen LogP contribution < -0.4 is 10.2 Å². The molecule has 1 atom stereocenters. The highest BCUT2D eigenvalue weighted by atomic mass is 16.3. The Morgan fingerprint density at radius 2 is 1.43 bits per heavy atom. The molecule has 0 aliphatic carbocycles. The van der Waals surface area contributed by atoms with Gasteiger partial charge in [-0.15, -0.1) is 0 Å². The highest BCUT2D eigenvalue weighted by molar-refractivity contribution is 5.93. The molecule has 40 heavy (non-hydrogen) atoms. The van der Waals surface area contributed by atoms with Crippen molar-refractivity contribution in [2.45, 2.75) is 98.3 Å². The minimum Gasteiger partial charge on any atom is -0.507 e. The monoisotopic (exact) mass is 542 g/mol. The molecule has 0 bridgehead atoms. The lowest BCUT2D eigenvalue weighted by Gasteiger charge is -2.29. The number of phenolic OH excluding ortho intramolecular Hbond substituents is 1. The molecule has 0 spiro atoms. The molecule has 0 saturated carbocycles. The summed E-state index contributed by atoms with van der Waals surface area (Å²) in [5, 5.41) is 14.5. The summed E-state index contributed by atoms with van der Waals surface area (Å²) in [4.78, 5) is 15.8. The highest BCUT2D eigenvalue weighted by Crippen LogP contribution is 2.40. The molecule has 3 rings (SSSR count). The van der Waals surface area contributed by atoms with E-state index >= 15 is 0 Å². The number of amides is 1. The van der Waals surface area contributed by atoms with Crippen molar-refractivity contribution in [3.8, 4) is 5.75 Å². The molecule has 216 valence electrons. The highest BCUT2D eigenvalue weighted by Gasteiger charge is 2.27. The van der Waals surface area contributed by atoms with Crippen molar-refractivity contribution in [2.75, 3.05) is 16.8 Å². The van der Waals surface area contributed by atoms with Gasteiger partial charge in [0.25, 0.3) is 0 Å². The molecule has 2 N–H and O–H groups in total. The molecule has 4 nitrogen and oxygen atoms in total. The van der Waals surface area contributed by atoms with Crippen LogP contribution >= 0.6 is 0 Å². The minimum atomic E-state index is -0.194. The molecule has 3 aromatic carbocycles. The minimum absolute atomic E-state index is 0.134. The van der Waals surface area contributed by atoms with Crippen LogP contribution in [-0.2, 0) is 22.0 Å². The van der Waals surface area contributed by atoms with E-state index in [0.29, 0.717) is 31.1 Å².